The molecular formula is C38H27N3. The van der Waals surface area contributed by atoms with Crippen LogP contribution in [0.15, 0.2) is 128 Å². The van der Waals surface area contributed by atoms with Crippen LogP contribution in [0.25, 0.3) is 60.9 Å². The number of nitriles is 1. The molecule has 0 spiro atoms. The molecule has 0 aliphatic rings. The van der Waals surface area contributed by atoms with Crippen LogP contribution in [0, 0.1) is 25.2 Å². The first-order valence-corrected chi connectivity index (χ1v) is 13.8. The molecule has 0 aliphatic heterocycles. The van der Waals surface area contributed by atoms with Crippen LogP contribution in [0.5, 0.6) is 0 Å². The van der Waals surface area contributed by atoms with Gasteiger partial charge in [-0.1, -0.05) is 90.5 Å². The minimum atomic E-state index is 0.626. The first-order valence-electron chi connectivity index (χ1n) is 13.8. The van der Waals surface area contributed by atoms with Gasteiger partial charge in [0.1, 0.15) is 0 Å². The van der Waals surface area contributed by atoms with Crippen molar-refractivity contribution in [2.45, 2.75) is 13.8 Å². The quantitative estimate of drug-likeness (QED) is 0.229. The number of para-hydroxylation sites is 2. The molecular weight excluding hydrogens is 498 g/mol. The summed E-state index contributed by atoms with van der Waals surface area (Å²) >= 11 is 0. The molecule has 0 atom stereocenters. The summed E-state index contributed by atoms with van der Waals surface area (Å²) in [5.74, 6) is 0. The highest BCUT2D eigenvalue weighted by molar-refractivity contribution is 6.14. The Morgan fingerprint density at radius 1 is 0.610 bits per heavy atom. The van der Waals surface area contributed by atoms with E-state index < -0.39 is 0 Å². The normalized spacial score (nSPS) is 11.1. The number of aromatic nitrogens is 2. The Bertz CT molecular complexity index is 2110. The van der Waals surface area contributed by atoms with Gasteiger partial charge in [0.25, 0.3) is 0 Å². The average Bonchev–Trinajstić information content (AvgIpc) is 3.36. The van der Waals surface area contributed by atoms with E-state index in [0.717, 1.165) is 39.0 Å². The number of pyridine rings is 1. The van der Waals surface area contributed by atoms with E-state index in [-0.39, 0.29) is 0 Å². The predicted molar refractivity (Wildman–Crippen MR) is 169 cm³/mol. The summed E-state index contributed by atoms with van der Waals surface area (Å²) in [7, 11) is 0. The van der Waals surface area contributed by atoms with E-state index in [0.29, 0.717) is 5.56 Å². The van der Waals surface area contributed by atoms with Crippen molar-refractivity contribution >= 4 is 21.8 Å². The molecule has 2 heterocycles. The third-order valence-electron chi connectivity index (χ3n) is 7.94. The summed E-state index contributed by atoms with van der Waals surface area (Å²) in [5, 5.41) is 12.8. The van der Waals surface area contributed by atoms with Crippen LogP contribution in [-0.4, -0.2) is 9.55 Å². The largest absolute Gasteiger partial charge is 0.308 e. The van der Waals surface area contributed by atoms with E-state index in [9.17, 15) is 5.26 Å². The van der Waals surface area contributed by atoms with Gasteiger partial charge in [0.2, 0.25) is 0 Å². The van der Waals surface area contributed by atoms with E-state index in [2.05, 4.69) is 127 Å². The maximum absolute atomic E-state index is 10.4. The molecule has 0 N–H and O–H groups in total. The SMILES string of the molecule is Cc1ccc(-c2cccc3c4ccccc4n(-c4cc(C#N)c(-c5ccncc5)cc4-c4ccccc4)c23)c(C)c1. The minimum Gasteiger partial charge on any atom is -0.308 e. The molecule has 2 aromatic heterocycles. The number of rotatable bonds is 4. The van der Waals surface area contributed by atoms with E-state index in [4.69, 9.17) is 0 Å². The van der Waals surface area contributed by atoms with Crippen LogP contribution >= 0.6 is 0 Å². The number of hydrogen-bond acceptors (Lipinski definition) is 2. The highest BCUT2D eigenvalue weighted by Gasteiger charge is 2.21. The molecule has 0 amide bonds. The van der Waals surface area contributed by atoms with Crippen molar-refractivity contribution < 1.29 is 0 Å². The molecule has 41 heavy (non-hydrogen) atoms. The third-order valence-corrected chi connectivity index (χ3v) is 7.94. The van der Waals surface area contributed by atoms with Crippen molar-refractivity contribution in [2.24, 2.45) is 0 Å². The first-order chi connectivity index (χ1) is 20.1. The van der Waals surface area contributed by atoms with Crippen LogP contribution in [-0.2, 0) is 0 Å². The van der Waals surface area contributed by atoms with Crippen molar-refractivity contribution in [3.8, 4) is 45.1 Å². The summed E-state index contributed by atoms with van der Waals surface area (Å²) in [5.41, 5.74) is 12.7. The number of hydrogen-bond donors (Lipinski definition) is 0. The summed E-state index contributed by atoms with van der Waals surface area (Å²) in [4.78, 5) is 4.20. The molecule has 0 radical (unpaired) electrons. The summed E-state index contributed by atoms with van der Waals surface area (Å²) in [6.45, 7) is 4.31. The summed E-state index contributed by atoms with van der Waals surface area (Å²) in [6.07, 6.45) is 3.55. The van der Waals surface area contributed by atoms with Gasteiger partial charge in [-0.3, -0.25) is 4.98 Å². The molecule has 0 fully saturated rings. The monoisotopic (exact) mass is 525 g/mol. The van der Waals surface area contributed by atoms with E-state index >= 15 is 0 Å². The van der Waals surface area contributed by atoms with Gasteiger partial charge in [-0.2, -0.15) is 5.26 Å². The lowest BCUT2D eigenvalue weighted by molar-refractivity contribution is 1.18. The average molecular weight is 526 g/mol. The molecule has 3 nitrogen and oxygen atoms in total. The van der Waals surface area contributed by atoms with Crippen molar-refractivity contribution in [1.82, 2.24) is 9.55 Å². The van der Waals surface area contributed by atoms with Crippen molar-refractivity contribution in [1.29, 1.82) is 5.26 Å². The number of aryl methyl sites for hydroxylation is 2. The van der Waals surface area contributed by atoms with E-state index in [1.807, 2.05) is 18.2 Å². The Kier molecular flexibility index (Phi) is 5.95. The molecule has 5 aromatic carbocycles. The van der Waals surface area contributed by atoms with Gasteiger partial charge in [-0.05, 0) is 66.4 Å². The van der Waals surface area contributed by atoms with Gasteiger partial charge in [-0.15, -0.1) is 0 Å². The van der Waals surface area contributed by atoms with Gasteiger partial charge < -0.3 is 4.57 Å². The Hall–Kier alpha value is -5.46. The van der Waals surface area contributed by atoms with Gasteiger partial charge in [0.15, 0.2) is 0 Å². The molecule has 194 valence electrons. The summed E-state index contributed by atoms with van der Waals surface area (Å²) < 4.78 is 2.36. The third kappa shape index (κ3) is 4.09. The molecule has 0 bridgehead atoms. The Morgan fingerprint density at radius 2 is 1.34 bits per heavy atom. The fourth-order valence-electron chi connectivity index (χ4n) is 6.09. The lowest BCUT2D eigenvalue weighted by Crippen LogP contribution is -2.01. The van der Waals surface area contributed by atoms with Gasteiger partial charge in [-0.25, -0.2) is 0 Å². The molecule has 7 aromatic rings. The van der Waals surface area contributed by atoms with Crippen LogP contribution in [0.2, 0.25) is 0 Å². The van der Waals surface area contributed by atoms with Crippen LogP contribution in [0.3, 0.4) is 0 Å². The first kappa shape index (κ1) is 24.6. The summed E-state index contributed by atoms with van der Waals surface area (Å²) in [6, 6.07) is 42.9. The second-order valence-corrected chi connectivity index (χ2v) is 10.5. The molecule has 7 rings (SSSR count). The molecule has 0 saturated heterocycles. The zero-order chi connectivity index (χ0) is 27.9. The molecule has 0 aliphatic carbocycles. The van der Waals surface area contributed by atoms with Crippen LogP contribution in [0.4, 0.5) is 0 Å². The van der Waals surface area contributed by atoms with E-state index in [1.165, 1.54) is 33.0 Å². The van der Waals surface area contributed by atoms with Gasteiger partial charge in [0.05, 0.1) is 28.4 Å². The highest BCUT2D eigenvalue weighted by atomic mass is 15.0. The number of nitrogens with zero attached hydrogens (tertiary/aromatic N) is 3. The Balaban J connectivity index is 1.65. The van der Waals surface area contributed by atoms with Crippen molar-refractivity contribution in [3.05, 3.63) is 144 Å². The van der Waals surface area contributed by atoms with Crippen molar-refractivity contribution in [3.63, 3.8) is 0 Å². The fourth-order valence-corrected chi connectivity index (χ4v) is 6.09. The molecule has 0 unspecified atom stereocenters. The van der Waals surface area contributed by atoms with Crippen LogP contribution in [0.1, 0.15) is 16.7 Å². The second-order valence-electron chi connectivity index (χ2n) is 10.5. The van der Waals surface area contributed by atoms with Gasteiger partial charge in [0, 0.05) is 39.9 Å². The number of fused-ring (bicyclic) bond motifs is 3. The standard InChI is InChI=1S/C38H27N3/c1-25-15-16-30(26(2)21-25)32-12-8-13-33-31-11-6-7-14-36(31)41(38(32)33)37-22-29(24-39)34(28-17-19-40-20-18-28)23-35(37)27-9-4-3-5-10-27/h3-23H,1-2H3. The molecule has 3 heteroatoms. The predicted octanol–water partition coefficient (Wildman–Crippen LogP) is 9.67. The Morgan fingerprint density at radius 3 is 2.12 bits per heavy atom. The van der Waals surface area contributed by atoms with Crippen LogP contribution < -0.4 is 0 Å². The minimum absolute atomic E-state index is 0.626. The molecule has 0 saturated carbocycles. The number of benzene rings is 5. The maximum Gasteiger partial charge on any atom is 0.0998 e. The maximum atomic E-state index is 10.4. The lowest BCUT2D eigenvalue weighted by atomic mass is 9.93. The topological polar surface area (TPSA) is 41.6 Å². The van der Waals surface area contributed by atoms with Crippen molar-refractivity contribution in [2.75, 3.05) is 0 Å². The highest BCUT2D eigenvalue weighted by Crippen LogP contribution is 2.42. The van der Waals surface area contributed by atoms with Gasteiger partial charge >= 0.3 is 0 Å². The Labute approximate surface area is 239 Å². The zero-order valence-corrected chi connectivity index (χ0v) is 23.0. The van der Waals surface area contributed by atoms with E-state index in [1.54, 1.807) is 12.4 Å². The lowest BCUT2D eigenvalue weighted by Gasteiger charge is -2.19. The fraction of sp³-hybridized carbons (Fsp3) is 0.0526. The smallest absolute Gasteiger partial charge is 0.0998 e. The zero-order valence-electron chi connectivity index (χ0n) is 23.0. The second kappa shape index (κ2) is 9.93.